The van der Waals surface area contributed by atoms with Crippen molar-refractivity contribution in [2.45, 2.75) is 18.3 Å². The molecule has 1 N–H and O–H groups in total. The first-order valence-electron chi connectivity index (χ1n) is 6.60. The largest absolute Gasteiger partial charge is 0.407 e. The number of sulfonamides is 2. The fraction of sp³-hybridized carbons (Fsp3) is 1.00. The molecule has 1 aliphatic rings. The molecule has 1 atom stereocenters. The highest BCUT2D eigenvalue weighted by atomic mass is 32.2. The molecule has 24 heavy (non-hydrogen) atoms. The number of halogens is 3. The Hall–Kier alpha value is -0.480. The summed E-state index contributed by atoms with van der Waals surface area (Å²) in [5.74, 6) is -2.26. The average molecular weight is 418 g/mol. The molecule has 1 unspecified atom stereocenters. The fourth-order valence-electron chi connectivity index (χ4n) is 2.11. The topological polar surface area (TPSA) is 129 Å². The van der Waals surface area contributed by atoms with Crippen LogP contribution in [-0.2, 0) is 30.2 Å². The van der Waals surface area contributed by atoms with Crippen molar-refractivity contribution in [1.29, 1.82) is 0 Å². The summed E-state index contributed by atoms with van der Waals surface area (Å²) in [4.78, 5) is 0. The number of nitrogens with zero attached hydrogens (tertiary/aromatic N) is 2. The van der Waals surface area contributed by atoms with Gasteiger partial charge in [0.1, 0.15) is 5.75 Å². The summed E-state index contributed by atoms with van der Waals surface area (Å²) < 4.78 is 118. The van der Waals surface area contributed by atoms with Crippen LogP contribution in [0.25, 0.3) is 0 Å². The van der Waals surface area contributed by atoms with Crippen LogP contribution in [0.3, 0.4) is 0 Å². The third kappa shape index (κ3) is 5.26. The second-order valence-electron chi connectivity index (χ2n) is 5.02. The number of rotatable bonds is 6. The van der Waals surface area contributed by atoms with Crippen molar-refractivity contribution in [3.8, 4) is 0 Å². The first-order valence-corrected chi connectivity index (χ1v) is 11.3. The SMILES string of the molecule is CCS(=O)(=O)N1CCN(S(=O)(=O)C(CS(=O)(=O)O)C(F)(F)F)CC1. The molecule has 0 aromatic carbocycles. The van der Waals surface area contributed by atoms with Crippen molar-refractivity contribution in [3.63, 3.8) is 0 Å². The van der Waals surface area contributed by atoms with Gasteiger partial charge in [0.05, 0.1) is 5.75 Å². The van der Waals surface area contributed by atoms with Crippen molar-refractivity contribution in [2.75, 3.05) is 37.7 Å². The summed E-state index contributed by atoms with van der Waals surface area (Å²) in [6.45, 7) is -0.402. The van der Waals surface area contributed by atoms with Crippen molar-refractivity contribution >= 4 is 30.2 Å². The molecular formula is C9H17F3N2O7S3. The van der Waals surface area contributed by atoms with Gasteiger partial charge in [0, 0.05) is 26.2 Å². The van der Waals surface area contributed by atoms with Crippen molar-refractivity contribution in [1.82, 2.24) is 8.61 Å². The van der Waals surface area contributed by atoms with E-state index < -0.39 is 60.4 Å². The van der Waals surface area contributed by atoms with E-state index in [0.717, 1.165) is 4.31 Å². The fourth-order valence-corrected chi connectivity index (χ4v) is 6.34. The standard InChI is InChI=1S/C9H17F3N2O7S3/c1-2-22(15,16)13-3-5-14(6-4-13)24(20,21)8(9(10,11)12)7-23(17,18)19/h8H,2-7H2,1H3,(H,17,18,19). The highest BCUT2D eigenvalue weighted by Crippen LogP contribution is 2.30. The van der Waals surface area contributed by atoms with Gasteiger partial charge >= 0.3 is 6.18 Å². The van der Waals surface area contributed by atoms with Gasteiger partial charge in [-0.05, 0) is 6.92 Å². The van der Waals surface area contributed by atoms with E-state index in [-0.39, 0.29) is 18.8 Å². The minimum atomic E-state index is -5.42. The normalized spacial score (nSPS) is 20.9. The number of hydrogen-bond acceptors (Lipinski definition) is 6. The molecule has 0 saturated carbocycles. The predicted molar refractivity (Wildman–Crippen MR) is 77.8 cm³/mol. The quantitative estimate of drug-likeness (QED) is 0.554. The Bertz CT molecular complexity index is 753. The highest BCUT2D eigenvalue weighted by molar-refractivity contribution is 7.92. The van der Waals surface area contributed by atoms with E-state index in [1.54, 1.807) is 0 Å². The van der Waals surface area contributed by atoms with E-state index >= 15 is 0 Å². The van der Waals surface area contributed by atoms with E-state index in [4.69, 9.17) is 4.55 Å². The summed E-state index contributed by atoms with van der Waals surface area (Å²) >= 11 is 0. The Kier molecular flexibility index (Phi) is 6.31. The van der Waals surface area contributed by atoms with Gasteiger partial charge in [0.25, 0.3) is 10.1 Å². The van der Waals surface area contributed by atoms with Gasteiger partial charge in [0.2, 0.25) is 20.0 Å². The molecule has 1 rings (SSSR count). The van der Waals surface area contributed by atoms with Gasteiger partial charge in [-0.25, -0.2) is 16.8 Å². The lowest BCUT2D eigenvalue weighted by molar-refractivity contribution is -0.127. The molecule has 0 aromatic heterocycles. The first-order chi connectivity index (χ1) is 10.6. The van der Waals surface area contributed by atoms with Crippen LogP contribution in [0.2, 0.25) is 0 Å². The van der Waals surface area contributed by atoms with E-state index in [1.165, 1.54) is 6.92 Å². The third-order valence-electron chi connectivity index (χ3n) is 3.40. The molecule has 9 nitrogen and oxygen atoms in total. The smallest absolute Gasteiger partial charge is 0.286 e. The van der Waals surface area contributed by atoms with E-state index in [2.05, 4.69) is 0 Å². The van der Waals surface area contributed by atoms with Gasteiger partial charge in [-0.3, -0.25) is 4.55 Å². The second kappa shape index (κ2) is 7.03. The monoisotopic (exact) mass is 418 g/mol. The Morgan fingerprint density at radius 2 is 1.38 bits per heavy atom. The summed E-state index contributed by atoms with van der Waals surface area (Å²) in [5, 5.41) is -3.32. The third-order valence-corrected chi connectivity index (χ3v) is 8.49. The molecule has 1 saturated heterocycles. The lowest BCUT2D eigenvalue weighted by Gasteiger charge is -2.35. The number of piperazine rings is 1. The Morgan fingerprint density at radius 1 is 0.958 bits per heavy atom. The zero-order chi connectivity index (χ0) is 19.0. The lowest BCUT2D eigenvalue weighted by atomic mass is 10.4. The molecule has 0 aromatic rings. The van der Waals surface area contributed by atoms with Crippen molar-refractivity contribution in [3.05, 3.63) is 0 Å². The van der Waals surface area contributed by atoms with Crippen molar-refractivity contribution in [2.24, 2.45) is 0 Å². The molecule has 144 valence electrons. The first kappa shape index (κ1) is 21.6. The Balaban J connectivity index is 3.03. The maximum Gasteiger partial charge on any atom is 0.407 e. The maximum atomic E-state index is 12.9. The van der Waals surface area contributed by atoms with Crippen LogP contribution in [0.1, 0.15) is 6.92 Å². The molecule has 0 amide bonds. The van der Waals surface area contributed by atoms with Gasteiger partial charge in [-0.2, -0.15) is 30.2 Å². The highest BCUT2D eigenvalue weighted by Gasteiger charge is 2.53. The van der Waals surface area contributed by atoms with Crippen LogP contribution in [0.5, 0.6) is 0 Å². The van der Waals surface area contributed by atoms with Crippen molar-refractivity contribution < 1.29 is 43.0 Å². The number of alkyl halides is 3. The molecule has 1 fully saturated rings. The summed E-state index contributed by atoms with van der Waals surface area (Å²) in [6.07, 6.45) is -5.42. The van der Waals surface area contributed by atoms with Gasteiger partial charge in [-0.15, -0.1) is 0 Å². The molecular weight excluding hydrogens is 401 g/mol. The van der Waals surface area contributed by atoms with E-state index in [0.29, 0.717) is 4.31 Å². The molecule has 0 spiro atoms. The van der Waals surface area contributed by atoms with E-state index in [1.807, 2.05) is 0 Å². The molecule has 0 radical (unpaired) electrons. The number of hydrogen-bond donors (Lipinski definition) is 1. The average Bonchev–Trinajstić information content (AvgIpc) is 2.43. The molecule has 0 aliphatic carbocycles. The second-order valence-corrected chi connectivity index (χ2v) is 10.9. The molecule has 1 heterocycles. The van der Waals surface area contributed by atoms with Gasteiger partial charge in [-0.1, -0.05) is 0 Å². The summed E-state index contributed by atoms with van der Waals surface area (Å²) in [7, 11) is -14.0. The van der Waals surface area contributed by atoms with Gasteiger partial charge in [0.15, 0.2) is 5.25 Å². The molecule has 0 bridgehead atoms. The zero-order valence-electron chi connectivity index (χ0n) is 12.5. The predicted octanol–water partition coefficient (Wildman–Crippen LogP) is -0.898. The van der Waals surface area contributed by atoms with Crippen LogP contribution in [-0.4, -0.2) is 87.5 Å². The van der Waals surface area contributed by atoms with Crippen LogP contribution in [0, 0.1) is 0 Å². The minimum absolute atomic E-state index is 0.242. The van der Waals surface area contributed by atoms with Crippen LogP contribution in [0.15, 0.2) is 0 Å². The van der Waals surface area contributed by atoms with Crippen LogP contribution < -0.4 is 0 Å². The molecule has 1 aliphatic heterocycles. The molecule has 15 heteroatoms. The Morgan fingerprint density at radius 3 is 1.71 bits per heavy atom. The van der Waals surface area contributed by atoms with Crippen LogP contribution in [0.4, 0.5) is 13.2 Å². The maximum absolute atomic E-state index is 12.9. The minimum Gasteiger partial charge on any atom is -0.286 e. The van der Waals surface area contributed by atoms with Crippen LogP contribution >= 0.6 is 0 Å². The van der Waals surface area contributed by atoms with E-state index in [9.17, 15) is 38.4 Å². The summed E-state index contributed by atoms with van der Waals surface area (Å²) in [5.41, 5.74) is 0. The lowest BCUT2D eigenvalue weighted by Crippen LogP contribution is -2.56. The summed E-state index contributed by atoms with van der Waals surface area (Å²) in [6, 6.07) is 0. The Labute approximate surface area is 138 Å². The zero-order valence-corrected chi connectivity index (χ0v) is 14.9. The van der Waals surface area contributed by atoms with Gasteiger partial charge < -0.3 is 0 Å².